The average molecular weight is 331 g/mol. The number of nitrogens with two attached hydrogens (primary N) is 1. The zero-order valence-corrected chi connectivity index (χ0v) is 13.0. The molecule has 10 nitrogen and oxygen atoms in total. The van der Waals surface area contributed by atoms with E-state index in [-0.39, 0.29) is 12.2 Å². The summed E-state index contributed by atoms with van der Waals surface area (Å²) < 4.78 is 17.9. The van der Waals surface area contributed by atoms with Crippen molar-refractivity contribution in [1.29, 1.82) is 0 Å². The highest BCUT2D eigenvalue weighted by Gasteiger charge is 2.40. The molecule has 0 aliphatic heterocycles. The minimum atomic E-state index is -4.41. The zero-order chi connectivity index (χ0) is 16.5. The molecule has 0 bridgehead atoms. The van der Waals surface area contributed by atoms with Crippen molar-refractivity contribution in [2.24, 2.45) is 0 Å². The van der Waals surface area contributed by atoms with Gasteiger partial charge in [0, 0.05) is 0 Å². The Bertz CT molecular complexity index is 714. The van der Waals surface area contributed by atoms with E-state index in [0.29, 0.717) is 11.2 Å². The third-order valence-electron chi connectivity index (χ3n) is 3.41. The van der Waals surface area contributed by atoms with Gasteiger partial charge in [-0.15, -0.1) is 0 Å². The number of nitrogen functional groups attached to an aromatic ring is 1. The Morgan fingerprint density at radius 2 is 2.14 bits per heavy atom. The summed E-state index contributed by atoms with van der Waals surface area (Å²) in [5.74, 6) is 0.161. The van der Waals surface area contributed by atoms with Crippen LogP contribution in [0.5, 0.6) is 0 Å². The summed E-state index contributed by atoms with van der Waals surface area (Å²) in [6.45, 7) is 3.17. The zero-order valence-electron chi connectivity index (χ0n) is 12.1. The van der Waals surface area contributed by atoms with E-state index in [0.717, 1.165) is 0 Å². The molecule has 2 aromatic rings. The van der Waals surface area contributed by atoms with Gasteiger partial charge in [0.05, 0.1) is 12.4 Å². The Labute approximate surface area is 126 Å². The summed E-state index contributed by atoms with van der Waals surface area (Å²) in [5, 5.41) is 10.2. The Morgan fingerprint density at radius 1 is 1.45 bits per heavy atom. The summed E-state index contributed by atoms with van der Waals surface area (Å²) in [4.78, 5) is 30.1. The van der Waals surface area contributed by atoms with E-state index in [4.69, 9.17) is 20.3 Å². The summed E-state index contributed by atoms with van der Waals surface area (Å²) in [5.41, 5.74) is 4.91. The molecule has 0 fully saturated rings. The first-order valence-corrected chi connectivity index (χ1v) is 8.31. The van der Waals surface area contributed by atoms with Crippen molar-refractivity contribution in [2.75, 3.05) is 12.1 Å². The highest BCUT2D eigenvalue weighted by atomic mass is 31.2. The second kappa shape index (κ2) is 5.90. The molecule has 2 rings (SSSR count). The smallest absolute Gasteiger partial charge is 0.351 e. The van der Waals surface area contributed by atoms with Crippen molar-refractivity contribution in [3.05, 3.63) is 12.7 Å². The highest BCUT2D eigenvalue weighted by Crippen LogP contribution is 2.39. The molecule has 0 aromatic carbocycles. The van der Waals surface area contributed by atoms with Crippen LogP contribution in [0.25, 0.3) is 11.2 Å². The summed E-state index contributed by atoms with van der Waals surface area (Å²) in [6, 6.07) is 0. The Balaban J connectivity index is 2.57. The van der Waals surface area contributed by atoms with Gasteiger partial charge >= 0.3 is 7.60 Å². The van der Waals surface area contributed by atoms with Crippen LogP contribution in [0.15, 0.2) is 12.7 Å². The number of ether oxygens (including phenoxy) is 1. The number of fused-ring (bicyclic) bond motifs is 1. The molecule has 5 N–H and O–H groups in total. The van der Waals surface area contributed by atoms with Crippen LogP contribution < -0.4 is 5.73 Å². The fraction of sp³-hybridized carbons (Fsp3) is 0.545. The van der Waals surface area contributed by atoms with Crippen LogP contribution in [-0.4, -0.2) is 46.9 Å². The topological polar surface area (TPSA) is 157 Å². The van der Waals surface area contributed by atoms with Crippen LogP contribution in [-0.2, 0) is 15.0 Å². The molecule has 11 heteroatoms. The lowest BCUT2D eigenvalue weighted by atomic mass is 10.0. The van der Waals surface area contributed by atoms with E-state index in [9.17, 15) is 9.67 Å². The first-order chi connectivity index (χ1) is 10.2. The van der Waals surface area contributed by atoms with Crippen molar-refractivity contribution in [3.8, 4) is 0 Å². The van der Waals surface area contributed by atoms with E-state index < -0.39 is 25.8 Å². The Morgan fingerprint density at radius 3 is 2.68 bits per heavy atom. The first kappa shape index (κ1) is 16.8. The van der Waals surface area contributed by atoms with E-state index in [1.807, 2.05) is 0 Å². The van der Waals surface area contributed by atoms with Gasteiger partial charge in [-0.05, 0) is 13.3 Å². The van der Waals surface area contributed by atoms with E-state index in [2.05, 4.69) is 15.0 Å². The quantitative estimate of drug-likeness (QED) is 0.535. The van der Waals surface area contributed by atoms with Gasteiger partial charge in [-0.3, -0.25) is 9.13 Å². The monoisotopic (exact) mass is 331 g/mol. The maximum atomic E-state index is 11.1. The lowest BCUT2D eigenvalue weighted by Crippen LogP contribution is -2.45. The molecule has 2 atom stereocenters. The van der Waals surface area contributed by atoms with Crippen LogP contribution in [0, 0.1) is 0 Å². The predicted molar refractivity (Wildman–Crippen MR) is 77.7 cm³/mol. The fourth-order valence-corrected chi connectivity index (χ4v) is 2.68. The van der Waals surface area contributed by atoms with Crippen molar-refractivity contribution in [2.45, 2.75) is 32.1 Å². The molecule has 0 amide bonds. The summed E-state index contributed by atoms with van der Waals surface area (Å²) in [6.07, 6.45) is 0.886. The molecule has 122 valence electrons. The Kier molecular flexibility index (Phi) is 4.50. The minimum Gasteiger partial charge on any atom is -0.388 e. The lowest BCUT2D eigenvalue weighted by molar-refractivity contribution is -0.163. The second-order valence-electron chi connectivity index (χ2n) is 4.86. The maximum Gasteiger partial charge on any atom is 0.351 e. The van der Waals surface area contributed by atoms with Crippen molar-refractivity contribution < 1.29 is 24.2 Å². The molecule has 0 radical (unpaired) electrons. The first-order valence-electron chi connectivity index (χ1n) is 6.52. The van der Waals surface area contributed by atoms with Gasteiger partial charge in [-0.1, -0.05) is 6.92 Å². The number of aromatic nitrogens is 4. The van der Waals surface area contributed by atoms with E-state index in [1.165, 1.54) is 24.1 Å². The number of rotatable bonds is 6. The molecular formula is C11H18N5O5P. The van der Waals surface area contributed by atoms with Gasteiger partial charge in [0.15, 0.2) is 23.5 Å². The molecule has 2 unspecified atom stereocenters. The molecule has 0 aliphatic carbocycles. The van der Waals surface area contributed by atoms with Gasteiger partial charge in [-0.25, -0.2) is 15.0 Å². The molecule has 0 aliphatic rings. The molecule has 0 saturated heterocycles. The largest absolute Gasteiger partial charge is 0.388 e. The van der Waals surface area contributed by atoms with Gasteiger partial charge in [0.25, 0.3) is 0 Å². The van der Waals surface area contributed by atoms with Gasteiger partial charge < -0.3 is 25.4 Å². The standard InChI is InChI=1S/C11H18N5O5P/c1-3-11(7(2)17,21-6-22(18,19)20)16-5-15-8-9(12)13-4-14-10(8)16/h4-5,7,17H,3,6H2,1-2H3,(H2,12,13,14)(H2,18,19,20). The number of aliphatic hydroxyl groups is 1. The minimum absolute atomic E-state index is 0.161. The SMILES string of the molecule is CCC(OCP(=O)(O)O)(C(C)O)n1cnc2c(N)ncnc21. The van der Waals surface area contributed by atoms with Crippen LogP contribution >= 0.6 is 7.60 Å². The van der Waals surface area contributed by atoms with Crippen LogP contribution in [0.2, 0.25) is 0 Å². The Hall–Kier alpha value is -1.58. The summed E-state index contributed by atoms with van der Waals surface area (Å²) in [7, 11) is -4.41. The van der Waals surface area contributed by atoms with Crippen molar-refractivity contribution >= 4 is 24.6 Å². The third-order valence-corrected chi connectivity index (χ3v) is 3.88. The van der Waals surface area contributed by atoms with Crippen LogP contribution in [0.3, 0.4) is 0 Å². The van der Waals surface area contributed by atoms with E-state index >= 15 is 0 Å². The average Bonchev–Trinajstić information content (AvgIpc) is 2.85. The van der Waals surface area contributed by atoms with Crippen LogP contribution in [0.1, 0.15) is 20.3 Å². The second-order valence-corrected chi connectivity index (χ2v) is 6.45. The maximum absolute atomic E-state index is 11.1. The van der Waals surface area contributed by atoms with E-state index in [1.54, 1.807) is 6.92 Å². The number of hydrogen-bond donors (Lipinski definition) is 4. The lowest BCUT2D eigenvalue weighted by Gasteiger charge is -2.36. The number of nitrogens with zero attached hydrogens (tertiary/aromatic N) is 4. The number of anilines is 1. The van der Waals surface area contributed by atoms with Gasteiger partial charge in [0.1, 0.15) is 11.8 Å². The van der Waals surface area contributed by atoms with Gasteiger partial charge in [0.2, 0.25) is 0 Å². The predicted octanol–water partition coefficient (Wildman–Crippen LogP) is 0.00390. The third kappa shape index (κ3) is 2.96. The highest BCUT2D eigenvalue weighted by molar-refractivity contribution is 7.51. The van der Waals surface area contributed by atoms with Crippen molar-refractivity contribution in [3.63, 3.8) is 0 Å². The summed E-state index contributed by atoms with van der Waals surface area (Å²) >= 11 is 0. The van der Waals surface area contributed by atoms with Crippen LogP contribution in [0.4, 0.5) is 5.82 Å². The molecule has 2 heterocycles. The van der Waals surface area contributed by atoms with Crippen molar-refractivity contribution in [1.82, 2.24) is 19.5 Å². The molecule has 0 spiro atoms. The molecule has 22 heavy (non-hydrogen) atoms. The molecule has 2 aromatic heterocycles. The van der Waals surface area contributed by atoms with Gasteiger partial charge in [-0.2, -0.15) is 0 Å². The normalized spacial score (nSPS) is 16.6. The number of imidazole rings is 1. The molecule has 0 saturated carbocycles. The number of aliphatic hydroxyl groups excluding tert-OH is 1. The molecular weight excluding hydrogens is 313 g/mol. The number of hydrogen-bond acceptors (Lipinski definition) is 7. The fourth-order valence-electron chi connectivity index (χ4n) is 2.29.